The smallest absolute Gasteiger partial charge is 0.227 e. The molecule has 3 rings (SSSR count). The van der Waals surface area contributed by atoms with Gasteiger partial charge in [0.25, 0.3) is 0 Å². The standard InChI is InChI=1S/C11H12N4O.ClH/c1-3-12-4-2-9(1)11-14-10(16-15-11)5-8-6-13-7-8;/h1-4,8,13H,5-7H2;1H. The number of rotatable bonds is 3. The topological polar surface area (TPSA) is 63.8 Å². The van der Waals surface area contributed by atoms with Crippen LogP contribution in [0.1, 0.15) is 5.89 Å². The zero-order chi connectivity index (χ0) is 10.8. The van der Waals surface area contributed by atoms with Crippen LogP contribution in [0.15, 0.2) is 29.0 Å². The van der Waals surface area contributed by atoms with Gasteiger partial charge in [-0.25, -0.2) is 0 Å². The maximum Gasteiger partial charge on any atom is 0.227 e. The van der Waals surface area contributed by atoms with E-state index in [1.165, 1.54) is 0 Å². The Balaban J connectivity index is 0.00000108. The van der Waals surface area contributed by atoms with E-state index in [9.17, 15) is 0 Å². The molecule has 6 heteroatoms. The normalized spacial score (nSPS) is 15.1. The van der Waals surface area contributed by atoms with Crippen molar-refractivity contribution in [2.45, 2.75) is 6.42 Å². The number of hydrogen-bond donors (Lipinski definition) is 1. The molecule has 0 saturated carbocycles. The Morgan fingerprint density at radius 3 is 2.71 bits per heavy atom. The first kappa shape index (κ1) is 12.0. The Bertz CT molecular complexity index is 469. The fourth-order valence-electron chi connectivity index (χ4n) is 1.70. The third-order valence-electron chi connectivity index (χ3n) is 2.74. The molecule has 0 spiro atoms. The van der Waals surface area contributed by atoms with Crippen LogP contribution in [-0.2, 0) is 6.42 Å². The zero-order valence-corrected chi connectivity index (χ0v) is 9.98. The van der Waals surface area contributed by atoms with Crippen LogP contribution in [0.5, 0.6) is 0 Å². The van der Waals surface area contributed by atoms with Crippen molar-refractivity contribution >= 4 is 12.4 Å². The molecule has 0 aromatic carbocycles. The molecular weight excluding hydrogens is 240 g/mol. The van der Waals surface area contributed by atoms with E-state index < -0.39 is 0 Å². The first-order chi connectivity index (χ1) is 7.92. The monoisotopic (exact) mass is 252 g/mol. The number of nitrogens with zero attached hydrogens (tertiary/aromatic N) is 3. The molecule has 5 nitrogen and oxygen atoms in total. The van der Waals surface area contributed by atoms with Gasteiger partial charge in [-0.3, -0.25) is 4.98 Å². The molecule has 0 aliphatic carbocycles. The predicted octanol–water partition coefficient (Wildman–Crippen LogP) is 1.32. The molecule has 1 fully saturated rings. The molecule has 90 valence electrons. The highest BCUT2D eigenvalue weighted by Crippen LogP contribution is 2.16. The van der Waals surface area contributed by atoms with Crippen molar-refractivity contribution in [2.24, 2.45) is 5.92 Å². The van der Waals surface area contributed by atoms with Crippen LogP contribution >= 0.6 is 12.4 Å². The summed E-state index contributed by atoms with van der Waals surface area (Å²) < 4.78 is 5.22. The number of hydrogen-bond acceptors (Lipinski definition) is 5. The van der Waals surface area contributed by atoms with Gasteiger partial charge in [0.05, 0.1) is 0 Å². The number of halogens is 1. The first-order valence-corrected chi connectivity index (χ1v) is 5.35. The molecule has 0 bridgehead atoms. The summed E-state index contributed by atoms with van der Waals surface area (Å²) in [5.74, 6) is 2.01. The Morgan fingerprint density at radius 1 is 1.29 bits per heavy atom. The van der Waals surface area contributed by atoms with E-state index in [0.717, 1.165) is 31.0 Å². The van der Waals surface area contributed by atoms with Gasteiger partial charge in [-0.1, -0.05) is 5.16 Å². The molecule has 2 aromatic rings. The minimum absolute atomic E-state index is 0. The third-order valence-corrected chi connectivity index (χ3v) is 2.74. The second-order valence-electron chi connectivity index (χ2n) is 3.98. The lowest BCUT2D eigenvalue weighted by atomic mass is 10.00. The molecule has 1 saturated heterocycles. The van der Waals surface area contributed by atoms with Gasteiger partial charge in [0.1, 0.15) is 0 Å². The lowest BCUT2D eigenvalue weighted by molar-refractivity contribution is 0.296. The quantitative estimate of drug-likeness (QED) is 0.893. The van der Waals surface area contributed by atoms with Gasteiger partial charge in [-0.05, 0) is 31.1 Å². The van der Waals surface area contributed by atoms with Crippen LogP contribution in [0.2, 0.25) is 0 Å². The van der Waals surface area contributed by atoms with Gasteiger partial charge in [-0.2, -0.15) is 4.98 Å². The number of nitrogens with one attached hydrogen (secondary N) is 1. The van der Waals surface area contributed by atoms with Gasteiger partial charge in [0.2, 0.25) is 11.7 Å². The molecule has 0 unspecified atom stereocenters. The van der Waals surface area contributed by atoms with E-state index in [-0.39, 0.29) is 12.4 Å². The molecule has 0 atom stereocenters. The third kappa shape index (κ3) is 2.62. The van der Waals surface area contributed by atoms with Crippen molar-refractivity contribution in [2.75, 3.05) is 13.1 Å². The SMILES string of the molecule is Cl.c1cc(-c2noc(CC3CNC3)n2)ccn1. The minimum Gasteiger partial charge on any atom is -0.339 e. The van der Waals surface area contributed by atoms with Crippen molar-refractivity contribution in [1.29, 1.82) is 0 Å². The Labute approximate surface area is 105 Å². The molecular formula is C11H13ClN4O. The van der Waals surface area contributed by atoms with Crippen molar-refractivity contribution < 1.29 is 4.52 Å². The Morgan fingerprint density at radius 2 is 2.06 bits per heavy atom. The lowest BCUT2D eigenvalue weighted by Crippen LogP contribution is -2.43. The maximum atomic E-state index is 5.22. The molecule has 0 amide bonds. The molecule has 17 heavy (non-hydrogen) atoms. The van der Waals surface area contributed by atoms with Crippen molar-refractivity contribution in [3.63, 3.8) is 0 Å². The van der Waals surface area contributed by atoms with Crippen LogP contribution in [0.3, 0.4) is 0 Å². The van der Waals surface area contributed by atoms with E-state index in [1.54, 1.807) is 12.4 Å². The van der Waals surface area contributed by atoms with Gasteiger partial charge >= 0.3 is 0 Å². The fourth-order valence-corrected chi connectivity index (χ4v) is 1.70. The Hall–Kier alpha value is -1.46. The summed E-state index contributed by atoms with van der Waals surface area (Å²) in [5, 5.41) is 7.19. The first-order valence-electron chi connectivity index (χ1n) is 5.35. The Kier molecular flexibility index (Phi) is 3.71. The molecule has 1 aliphatic heterocycles. The summed E-state index contributed by atoms with van der Waals surface area (Å²) in [7, 11) is 0. The van der Waals surface area contributed by atoms with Crippen LogP contribution in [-0.4, -0.2) is 28.2 Å². The van der Waals surface area contributed by atoms with Gasteiger partial charge < -0.3 is 9.84 Å². The highest BCUT2D eigenvalue weighted by atomic mass is 35.5. The van der Waals surface area contributed by atoms with Gasteiger partial charge in [0.15, 0.2) is 0 Å². The number of pyridine rings is 1. The average Bonchev–Trinajstić information content (AvgIpc) is 2.73. The van der Waals surface area contributed by atoms with Crippen LogP contribution in [0.25, 0.3) is 11.4 Å². The highest BCUT2D eigenvalue weighted by molar-refractivity contribution is 5.85. The van der Waals surface area contributed by atoms with E-state index in [0.29, 0.717) is 11.7 Å². The van der Waals surface area contributed by atoms with E-state index >= 15 is 0 Å². The lowest BCUT2D eigenvalue weighted by Gasteiger charge is -2.25. The molecule has 1 aliphatic rings. The molecule has 3 heterocycles. The van der Waals surface area contributed by atoms with Crippen LogP contribution < -0.4 is 5.32 Å². The largest absolute Gasteiger partial charge is 0.339 e. The number of aromatic nitrogens is 3. The maximum absolute atomic E-state index is 5.22. The summed E-state index contributed by atoms with van der Waals surface area (Å²) in [6.45, 7) is 2.10. The van der Waals surface area contributed by atoms with Crippen LogP contribution in [0.4, 0.5) is 0 Å². The van der Waals surface area contributed by atoms with E-state index in [2.05, 4.69) is 20.4 Å². The van der Waals surface area contributed by atoms with Crippen LogP contribution in [0, 0.1) is 5.92 Å². The van der Waals surface area contributed by atoms with Crippen molar-refractivity contribution in [3.05, 3.63) is 30.4 Å². The predicted molar refractivity (Wildman–Crippen MR) is 64.8 cm³/mol. The molecule has 2 aromatic heterocycles. The minimum atomic E-state index is 0. The van der Waals surface area contributed by atoms with Gasteiger partial charge in [0, 0.05) is 24.4 Å². The van der Waals surface area contributed by atoms with Crippen molar-refractivity contribution in [1.82, 2.24) is 20.4 Å². The van der Waals surface area contributed by atoms with E-state index in [4.69, 9.17) is 4.52 Å². The second kappa shape index (κ2) is 5.25. The molecule has 0 radical (unpaired) electrons. The van der Waals surface area contributed by atoms with Crippen molar-refractivity contribution in [3.8, 4) is 11.4 Å². The second-order valence-corrected chi connectivity index (χ2v) is 3.98. The summed E-state index contributed by atoms with van der Waals surface area (Å²) in [4.78, 5) is 8.32. The highest BCUT2D eigenvalue weighted by Gasteiger charge is 2.20. The molecule has 1 N–H and O–H groups in total. The summed E-state index contributed by atoms with van der Waals surface area (Å²) >= 11 is 0. The zero-order valence-electron chi connectivity index (χ0n) is 9.17. The summed E-state index contributed by atoms with van der Waals surface area (Å²) in [6, 6.07) is 3.75. The summed E-state index contributed by atoms with van der Waals surface area (Å²) in [5.41, 5.74) is 0.941. The van der Waals surface area contributed by atoms with Gasteiger partial charge in [-0.15, -0.1) is 12.4 Å². The summed E-state index contributed by atoms with van der Waals surface area (Å²) in [6.07, 6.45) is 4.31. The van der Waals surface area contributed by atoms with E-state index in [1.807, 2.05) is 12.1 Å². The fraction of sp³-hybridized carbons (Fsp3) is 0.364. The average molecular weight is 253 g/mol.